The van der Waals surface area contributed by atoms with Gasteiger partial charge in [0.05, 0.1) is 5.56 Å². The number of hydrogen-bond acceptors (Lipinski definition) is 5. The largest absolute Gasteiger partial charge is 0.371 e. The quantitative estimate of drug-likeness (QED) is 0.625. The molecule has 1 aliphatic carbocycles. The summed E-state index contributed by atoms with van der Waals surface area (Å²) in [6.45, 7) is 6.89. The van der Waals surface area contributed by atoms with Crippen molar-refractivity contribution in [1.82, 2.24) is 14.8 Å². The Kier molecular flexibility index (Phi) is 6.26. The second kappa shape index (κ2) is 8.65. The summed E-state index contributed by atoms with van der Waals surface area (Å²) in [4.78, 5) is 4.46. The van der Waals surface area contributed by atoms with Crippen molar-refractivity contribution in [3.63, 3.8) is 0 Å². The first kappa shape index (κ1) is 19.5. The molecule has 3 N–H and O–H groups in total. The summed E-state index contributed by atoms with van der Waals surface area (Å²) in [6.07, 6.45) is 4.81. The Morgan fingerprint density at radius 3 is 2.44 bits per heavy atom. The van der Waals surface area contributed by atoms with E-state index in [4.69, 9.17) is 0 Å². The SMILES string of the molecule is CCCN(CCC)C1CCc2ccc(-c3c(NC)nn(NC)c3NC)cc21. The van der Waals surface area contributed by atoms with Crippen molar-refractivity contribution in [3.8, 4) is 11.1 Å². The molecule has 0 radical (unpaired) electrons. The van der Waals surface area contributed by atoms with E-state index in [0.717, 1.165) is 17.2 Å². The number of fused-ring (bicyclic) bond motifs is 1. The molecule has 0 bridgehead atoms. The average molecular weight is 371 g/mol. The lowest BCUT2D eigenvalue weighted by atomic mass is 9.99. The maximum absolute atomic E-state index is 4.62. The van der Waals surface area contributed by atoms with Crippen LogP contribution in [-0.2, 0) is 6.42 Å². The molecule has 0 amide bonds. The highest BCUT2D eigenvalue weighted by molar-refractivity contribution is 5.86. The lowest BCUT2D eigenvalue weighted by molar-refractivity contribution is 0.197. The molecule has 1 heterocycles. The van der Waals surface area contributed by atoms with Gasteiger partial charge in [-0.2, -0.15) is 4.79 Å². The van der Waals surface area contributed by atoms with Crippen LogP contribution in [0.25, 0.3) is 11.1 Å². The first-order chi connectivity index (χ1) is 13.2. The Balaban J connectivity index is 2.04. The van der Waals surface area contributed by atoms with Crippen molar-refractivity contribution < 1.29 is 0 Å². The molecule has 2 aromatic rings. The highest BCUT2D eigenvalue weighted by atomic mass is 15.6. The maximum Gasteiger partial charge on any atom is 0.160 e. The van der Waals surface area contributed by atoms with E-state index < -0.39 is 0 Å². The molecule has 0 fully saturated rings. The predicted molar refractivity (Wildman–Crippen MR) is 115 cm³/mol. The third kappa shape index (κ3) is 3.63. The Bertz CT molecular complexity index is 760. The normalized spacial score (nSPS) is 15.9. The van der Waals surface area contributed by atoms with Gasteiger partial charge < -0.3 is 16.1 Å². The number of benzene rings is 1. The van der Waals surface area contributed by atoms with Crippen LogP contribution in [0.5, 0.6) is 0 Å². The number of nitrogens with zero attached hydrogens (tertiary/aromatic N) is 3. The molecule has 0 saturated carbocycles. The molecule has 1 aliphatic rings. The first-order valence-corrected chi connectivity index (χ1v) is 10.2. The van der Waals surface area contributed by atoms with Gasteiger partial charge in [0.25, 0.3) is 0 Å². The van der Waals surface area contributed by atoms with Crippen LogP contribution in [0.4, 0.5) is 11.6 Å². The molecule has 6 nitrogen and oxygen atoms in total. The molecular formula is C21H34N6. The van der Waals surface area contributed by atoms with Crippen LogP contribution in [0.3, 0.4) is 0 Å². The van der Waals surface area contributed by atoms with E-state index in [1.807, 2.05) is 21.1 Å². The van der Waals surface area contributed by atoms with Crippen molar-refractivity contribution in [2.45, 2.75) is 45.6 Å². The lowest BCUT2D eigenvalue weighted by Crippen LogP contribution is -2.29. The van der Waals surface area contributed by atoms with E-state index in [1.165, 1.54) is 55.5 Å². The van der Waals surface area contributed by atoms with Gasteiger partial charge in [0.1, 0.15) is 0 Å². The van der Waals surface area contributed by atoms with E-state index >= 15 is 0 Å². The van der Waals surface area contributed by atoms with Crippen LogP contribution >= 0.6 is 0 Å². The fraction of sp³-hybridized carbons (Fsp3) is 0.571. The minimum Gasteiger partial charge on any atom is -0.371 e. The topological polar surface area (TPSA) is 57.2 Å². The molecule has 148 valence electrons. The lowest BCUT2D eigenvalue weighted by Gasteiger charge is -2.29. The summed E-state index contributed by atoms with van der Waals surface area (Å²) in [5.41, 5.74) is 8.44. The molecule has 1 atom stereocenters. The van der Waals surface area contributed by atoms with Crippen LogP contribution in [0.15, 0.2) is 18.2 Å². The van der Waals surface area contributed by atoms with Crippen molar-refractivity contribution >= 4 is 11.6 Å². The van der Waals surface area contributed by atoms with E-state index in [2.05, 4.69) is 58.1 Å². The van der Waals surface area contributed by atoms with E-state index in [1.54, 1.807) is 4.79 Å². The zero-order valence-corrected chi connectivity index (χ0v) is 17.4. The Labute approximate surface area is 163 Å². The van der Waals surface area contributed by atoms with E-state index in [-0.39, 0.29) is 0 Å². The zero-order valence-electron chi connectivity index (χ0n) is 17.4. The summed E-state index contributed by atoms with van der Waals surface area (Å²) < 4.78 is 0. The fourth-order valence-corrected chi connectivity index (χ4v) is 4.37. The smallest absolute Gasteiger partial charge is 0.160 e. The van der Waals surface area contributed by atoms with Gasteiger partial charge in [-0.05, 0) is 61.5 Å². The summed E-state index contributed by atoms with van der Waals surface area (Å²) in [7, 11) is 5.74. The van der Waals surface area contributed by atoms with Gasteiger partial charge >= 0.3 is 0 Å². The summed E-state index contributed by atoms with van der Waals surface area (Å²) in [6, 6.07) is 7.49. The van der Waals surface area contributed by atoms with E-state index in [9.17, 15) is 0 Å². The molecule has 1 unspecified atom stereocenters. The number of rotatable bonds is 9. The fourth-order valence-electron chi connectivity index (χ4n) is 4.37. The van der Waals surface area contributed by atoms with Gasteiger partial charge in [0, 0.05) is 27.2 Å². The van der Waals surface area contributed by atoms with Crippen LogP contribution in [-0.4, -0.2) is 49.0 Å². The number of hydrogen-bond donors (Lipinski definition) is 3. The Morgan fingerprint density at radius 2 is 1.85 bits per heavy atom. The molecule has 27 heavy (non-hydrogen) atoms. The van der Waals surface area contributed by atoms with Gasteiger partial charge in [0.2, 0.25) is 0 Å². The zero-order chi connectivity index (χ0) is 19.4. The van der Waals surface area contributed by atoms with Gasteiger partial charge in [-0.1, -0.05) is 26.0 Å². The average Bonchev–Trinajstić information content (AvgIpc) is 3.27. The summed E-state index contributed by atoms with van der Waals surface area (Å²) in [5, 5.41) is 11.2. The molecule has 6 heteroatoms. The highest BCUT2D eigenvalue weighted by Gasteiger charge is 2.28. The summed E-state index contributed by atoms with van der Waals surface area (Å²) in [5.74, 6) is 1.84. The first-order valence-electron chi connectivity index (χ1n) is 10.2. The maximum atomic E-state index is 4.62. The molecular weight excluding hydrogens is 336 g/mol. The van der Waals surface area contributed by atoms with Crippen molar-refractivity contribution in [2.24, 2.45) is 0 Å². The second-order valence-corrected chi connectivity index (χ2v) is 7.21. The van der Waals surface area contributed by atoms with Crippen molar-refractivity contribution in [1.29, 1.82) is 0 Å². The number of aryl methyl sites for hydroxylation is 1. The molecule has 0 aliphatic heterocycles. The summed E-state index contributed by atoms with van der Waals surface area (Å²) >= 11 is 0. The monoisotopic (exact) mass is 370 g/mol. The van der Waals surface area contributed by atoms with Crippen molar-refractivity contribution in [3.05, 3.63) is 29.3 Å². The third-order valence-corrected chi connectivity index (χ3v) is 5.51. The van der Waals surface area contributed by atoms with Gasteiger partial charge in [-0.15, -0.1) is 5.10 Å². The number of anilines is 2. The van der Waals surface area contributed by atoms with Crippen LogP contribution in [0.1, 0.15) is 50.3 Å². The van der Waals surface area contributed by atoms with Gasteiger partial charge in [0.15, 0.2) is 11.6 Å². The Morgan fingerprint density at radius 1 is 1.11 bits per heavy atom. The van der Waals surface area contributed by atoms with Gasteiger partial charge in [-0.25, -0.2) is 0 Å². The number of aromatic nitrogens is 2. The molecule has 1 aromatic heterocycles. The minimum atomic E-state index is 0.537. The third-order valence-electron chi connectivity index (χ3n) is 5.51. The predicted octanol–water partition coefficient (Wildman–Crippen LogP) is 3.92. The van der Waals surface area contributed by atoms with Gasteiger partial charge in [-0.3, -0.25) is 4.90 Å². The van der Waals surface area contributed by atoms with Crippen LogP contribution in [0, 0.1) is 0 Å². The minimum absolute atomic E-state index is 0.537. The standard InChI is InChI=1S/C21H34N6/c1-6-12-26(13-7-2)18-11-10-15-8-9-16(14-17(15)18)19-20(22-3)25-27(24-5)21(19)23-4/h8-9,14,18,23-24H,6-7,10-13H2,1-5H3,(H,22,25). The van der Waals surface area contributed by atoms with E-state index in [0.29, 0.717) is 6.04 Å². The highest BCUT2D eigenvalue weighted by Crippen LogP contribution is 2.41. The Hall–Kier alpha value is -2.21. The molecule has 3 rings (SSSR count). The van der Waals surface area contributed by atoms with Crippen LogP contribution in [0.2, 0.25) is 0 Å². The molecule has 1 aromatic carbocycles. The number of nitrogens with one attached hydrogen (secondary N) is 3. The van der Waals surface area contributed by atoms with Crippen LogP contribution < -0.4 is 16.1 Å². The molecule has 0 saturated heterocycles. The molecule has 0 spiro atoms. The second-order valence-electron chi connectivity index (χ2n) is 7.21. The van der Waals surface area contributed by atoms with Crippen molar-refractivity contribution in [2.75, 3.05) is 50.3 Å².